The Morgan fingerprint density at radius 2 is 1.89 bits per heavy atom. The van der Waals surface area contributed by atoms with Crippen LogP contribution in [-0.4, -0.2) is 29.2 Å². The van der Waals surface area contributed by atoms with E-state index in [-0.39, 0.29) is 11.0 Å². The van der Waals surface area contributed by atoms with E-state index in [9.17, 15) is 4.79 Å². The van der Waals surface area contributed by atoms with Gasteiger partial charge in [-0.3, -0.25) is 15.1 Å². The molecule has 3 aromatic rings. The molecule has 136 valence electrons. The number of amides is 1. The van der Waals surface area contributed by atoms with Crippen LogP contribution in [0.25, 0.3) is 10.9 Å². The smallest absolute Gasteiger partial charge is 0.257 e. The van der Waals surface area contributed by atoms with Gasteiger partial charge in [-0.1, -0.05) is 6.07 Å². The second kappa shape index (κ2) is 7.20. The third kappa shape index (κ3) is 3.68. The quantitative estimate of drug-likeness (QED) is 0.665. The maximum absolute atomic E-state index is 12.5. The minimum absolute atomic E-state index is 0.211. The molecule has 0 saturated heterocycles. The zero-order chi connectivity index (χ0) is 18.8. The second-order valence-electron chi connectivity index (χ2n) is 6.09. The van der Waals surface area contributed by atoms with E-state index in [1.807, 2.05) is 37.3 Å². The van der Waals surface area contributed by atoms with E-state index >= 15 is 0 Å². The minimum Gasteiger partial charge on any atom is -0.486 e. The first-order valence-corrected chi connectivity index (χ1v) is 8.89. The molecule has 2 N–H and O–H groups in total. The standard InChI is InChI=1S/C20H17N3O3S/c1-12-5-7-14-15(21-12)3-2-4-16(14)22-20(27)23-19(24)13-6-8-17-18(11-13)26-10-9-25-17/h2-8,11H,9-10H2,1H3,(H2,22,23,24,27). The first kappa shape index (κ1) is 17.2. The van der Waals surface area contributed by atoms with E-state index in [4.69, 9.17) is 21.7 Å². The number of thiocarbonyl (C=S) groups is 1. The number of rotatable bonds is 2. The summed E-state index contributed by atoms with van der Waals surface area (Å²) in [5.74, 6) is 0.874. The summed E-state index contributed by atoms with van der Waals surface area (Å²) < 4.78 is 11.0. The third-order valence-electron chi connectivity index (χ3n) is 4.15. The fourth-order valence-corrected chi connectivity index (χ4v) is 3.08. The van der Waals surface area contributed by atoms with Crippen LogP contribution in [0.3, 0.4) is 0 Å². The van der Waals surface area contributed by atoms with Gasteiger partial charge in [-0.05, 0) is 61.6 Å². The van der Waals surface area contributed by atoms with Gasteiger partial charge in [0.1, 0.15) is 13.2 Å². The number of carbonyl (C=O) groups excluding carboxylic acids is 1. The van der Waals surface area contributed by atoms with Crippen molar-refractivity contribution >= 4 is 39.8 Å². The summed E-state index contributed by atoms with van der Waals surface area (Å²) in [5.41, 5.74) is 3.03. The lowest BCUT2D eigenvalue weighted by atomic mass is 10.1. The highest BCUT2D eigenvalue weighted by atomic mass is 32.1. The molecule has 4 rings (SSSR count). The highest BCUT2D eigenvalue weighted by Crippen LogP contribution is 2.30. The van der Waals surface area contributed by atoms with Crippen LogP contribution in [-0.2, 0) is 0 Å². The minimum atomic E-state index is -0.321. The third-order valence-corrected chi connectivity index (χ3v) is 4.35. The van der Waals surface area contributed by atoms with E-state index in [2.05, 4.69) is 15.6 Å². The first-order valence-electron chi connectivity index (χ1n) is 8.48. The molecule has 1 amide bonds. The number of aryl methyl sites for hydroxylation is 1. The fourth-order valence-electron chi connectivity index (χ4n) is 2.88. The number of hydrogen-bond acceptors (Lipinski definition) is 5. The number of ether oxygens (including phenoxy) is 2. The van der Waals surface area contributed by atoms with Crippen LogP contribution in [0.15, 0.2) is 48.5 Å². The number of pyridine rings is 1. The number of aromatic nitrogens is 1. The number of fused-ring (bicyclic) bond motifs is 2. The Morgan fingerprint density at radius 1 is 1.07 bits per heavy atom. The van der Waals surface area contributed by atoms with Crippen LogP contribution in [0.4, 0.5) is 5.69 Å². The molecule has 0 radical (unpaired) electrons. The van der Waals surface area contributed by atoms with E-state index in [1.54, 1.807) is 18.2 Å². The molecule has 7 heteroatoms. The summed E-state index contributed by atoms with van der Waals surface area (Å²) in [5, 5.41) is 6.90. The van der Waals surface area contributed by atoms with E-state index in [0.717, 1.165) is 22.3 Å². The van der Waals surface area contributed by atoms with Crippen molar-refractivity contribution in [2.24, 2.45) is 0 Å². The molecular weight excluding hydrogens is 362 g/mol. The van der Waals surface area contributed by atoms with Crippen molar-refractivity contribution in [3.63, 3.8) is 0 Å². The van der Waals surface area contributed by atoms with Gasteiger partial charge in [-0.15, -0.1) is 0 Å². The van der Waals surface area contributed by atoms with Crippen molar-refractivity contribution in [3.05, 3.63) is 59.8 Å². The summed E-state index contributed by atoms with van der Waals surface area (Å²) in [7, 11) is 0. The topological polar surface area (TPSA) is 72.5 Å². The maximum Gasteiger partial charge on any atom is 0.257 e. The van der Waals surface area contributed by atoms with Crippen molar-refractivity contribution in [1.29, 1.82) is 0 Å². The fraction of sp³-hybridized carbons (Fsp3) is 0.150. The molecule has 6 nitrogen and oxygen atoms in total. The SMILES string of the molecule is Cc1ccc2c(NC(=S)NC(=O)c3ccc4c(c3)OCCO4)cccc2n1. The van der Waals surface area contributed by atoms with Crippen LogP contribution in [0.5, 0.6) is 11.5 Å². The highest BCUT2D eigenvalue weighted by Gasteiger charge is 2.16. The molecular formula is C20H17N3O3S. The summed E-state index contributed by atoms with van der Waals surface area (Å²) in [6.45, 7) is 2.91. The lowest BCUT2D eigenvalue weighted by Gasteiger charge is -2.18. The Bertz CT molecular complexity index is 1050. The molecule has 0 saturated carbocycles. The number of carbonyl (C=O) groups is 1. The zero-order valence-electron chi connectivity index (χ0n) is 14.6. The van der Waals surface area contributed by atoms with Crippen molar-refractivity contribution in [2.75, 3.05) is 18.5 Å². The lowest BCUT2D eigenvalue weighted by molar-refractivity contribution is 0.0976. The van der Waals surface area contributed by atoms with Crippen LogP contribution >= 0.6 is 12.2 Å². The normalized spacial score (nSPS) is 12.5. The molecule has 1 aliphatic rings. The predicted octanol–water partition coefficient (Wildman–Crippen LogP) is 3.44. The first-order chi connectivity index (χ1) is 13.1. The molecule has 1 aliphatic heterocycles. The van der Waals surface area contributed by atoms with Crippen LogP contribution in [0, 0.1) is 6.92 Å². The van der Waals surface area contributed by atoms with Gasteiger partial charge in [-0.2, -0.15) is 0 Å². The molecule has 0 spiro atoms. The Balaban J connectivity index is 1.49. The summed E-state index contributed by atoms with van der Waals surface area (Å²) >= 11 is 5.30. The number of hydrogen-bond donors (Lipinski definition) is 2. The van der Waals surface area contributed by atoms with Gasteiger partial charge in [-0.25, -0.2) is 0 Å². The van der Waals surface area contributed by atoms with Gasteiger partial charge >= 0.3 is 0 Å². The van der Waals surface area contributed by atoms with Crippen molar-refractivity contribution < 1.29 is 14.3 Å². The molecule has 0 fully saturated rings. The number of nitrogens with zero attached hydrogens (tertiary/aromatic N) is 1. The maximum atomic E-state index is 12.5. The second-order valence-corrected chi connectivity index (χ2v) is 6.50. The molecule has 0 unspecified atom stereocenters. The van der Waals surface area contributed by atoms with Crippen molar-refractivity contribution in [2.45, 2.75) is 6.92 Å². The van der Waals surface area contributed by atoms with Gasteiger partial charge in [0.2, 0.25) is 0 Å². The van der Waals surface area contributed by atoms with Gasteiger partial charge in [0.05, 0.1) is 5.52 Å². The van der Waals surface area contributed by atoms with Crippen molar-refractivity contribution in [1.82, 2.24) is 10.3 Å². The molecule has 0 aliphatic carbocycles. The lowest BCUT2D eigenvalue weighted by Crippen LogP contribution is -2.34. The van der Waals surface area contributed by atoms with E-state index < -0.39 is 0 Å². The molecule has 1 aromatic heterocycles. The summed E-state index contributed by atoms with van der Waals surface area (Å²) in [4.78, 5) is 17.0. The van der Waals surface area contributed by atoms with Crippen molar-refractivity contribution in [3.8, 4) is 11.5 Å². The molecule has 2 heterocycles. The van der Waals surface area contributed by atoms with Gasteiger partial charge in [0.15, 0.2) is 16.6 Å². The number of nitrogens with one attached hydrogen (secondary N) is 2. The number of benzene rings is 2. The van der Waals surface area contributed by atoms with Gasteiger partial charge < -0.3 is 14.8 Å². The van der Waals surface area contributed by atoms with Gasteiger partial charge in [0.25, 0.3) is 5.91 Å². The monoisotopic (exact) mass is 379 g/mol. The van der Waals surface area contributed by atoms with E-state index in [0.29, 0.717) is 30.3 Å². The molecule has 0 bridgehead atoms. The molecule has 27 heavy (non-hydrogen) atoms. The van der Waals surface area contributed by atoms with Crippen LogP contribution in [0.2, 0.25) is 0 Å². The number of anilines is 1. The average Bonchev–Trinajstić information content (AvgIpc) is 2.67. The molecule has 0 atom stereocenters. The largest absolute Gasteiger partial charge is 0.486 e. The highest BCUT2D eigenvalue weighted by molar-refractivity contribution is 7.80. The van der Waals surface area contributed by atoms with Crippen LogP contribution in [0.1, 0.15) is 16.1 Å². The summed E-state index contributed by atoms with van der Waals surface area (Å²) in [6, 6.07) is 14.7. The molecule has 2 aromatic carbocycles. The predicted molar refractivity (Wildman–Crippen MR) is 108 cm³/mol. The van der Waals surface area contributed by atoms with E-state index in [1.165, 1.54) is 0 Å². The Hall–Kier alpha value is -3.19. The zero-order valence-corrected chi connectivity index (χ0v) is 15.4. The Labute approximate surface area is 161 Å². The summed E-state index contributed by atoms with van der Waals surface area (Å²) in [6.07, 6.45) is 0. The Kier molecular flexibility index (Phi) is 4.60. The van der Waals surface area contributed by atoms with Gasteiger partial charge in [0, 0.05) is 22.3 Å². The Morgan fingerprint density at radius 3 is 2.74 bits per heavy atom. The van der Waals surface area contributed by atoms with Crippen LogP contribution < -0.4 is 20.1 Å². The average molecular weight is 379 g/mol.